The van der Waals surface area contributed by atoms with E-state index in [4.69, 9.17) is 26.8 Å². The van der Waals surface area contributed by atoms with Gasteiger partial charge in [0, 0.05) is 0 Å². The Morgan fingerprint density at radius 3 is 2.32 bits per heavy atom. The number of amides is 2. The Hall–Kier alpha value is -3.72. The van der Waals surface area contributed by atoms with Crippen molar-refractivity contribution in [3.8, 4) is 11.5 Å². The highest BCUT2D eigenvalue weighted by Crippen LogP contribution is 2.25. The second-order valence-corrected chi connectivity index (χ2v) is 6.94. The standard InChI is InChI=1S/C22H20N2O6S/c1-3-29-16-10-6-15(7-11-16)24-20(26)18(19(25)23-22(24)31)12-14-4-8-17(9-5-14)30-13(2)21(27)28/h4-13H,3H2,1-2H3,(H,27,28)(H,23,25,31)/b18-12-/t13-/m0/s1. The number of aliphatic carboxylic acids is 1. The summed E-state index contributed by atoms with van der Waals surface area (Å²) in [5, 5.41) is 11.4. The lowest BCUT2D eigenvalue weighted by atomic mass is 10.1. The number of carboxylic acids is 1. The molecule has 0 unspecified atom stereocenters. The second-order valence-electron chi connectivity index (χ2n) is 6.55. The molecule has 1 aliphatic rings. The van der Waals surface area contributed by atoms with Gasteiger partial charge in [0.1, 0.15) is 17.1 Å². The first-order chi connectivity index (χ1) is 14.8. The summed E-state index contributed by atoms with van der Waals surface area (Å²) in [6.07, 6.45) is 0.435. The first-order valence-electron chi connectivity index (χ1n) is 9.44. The highest BCUT2D eigenvalue weighted by Gasteiger charge is 2.34. The number of hydrogen-bond donors (Lipinski definition) is 2. The number of nitrogens with zero attached hydrogens (tertiary/aromatic N) is 1. The van der Waals surface area contributed by atoms with Gasteiger partial charge in [-0.1, -0.05) is 12.1 Å². The summed E-state index contributed by atoms with van der Waals surface area (Å²) in [7, 11) is 0. The molecule has 31 heavy (non-hydrogen) atoms. The predicted octanol–water partition coefficient (Wildman–Crippen LogP) is 2.77. The summed E-state index contributed by atoms with van der Waals surface area (Å²) in [5.41, 5.74) is 0.971. The summed E-state index contributed by atoms with van der Waals surface area (Å²) in [4.78, 5) is 37.6. The van der Waals surface area contributed by atoms with Gasteiger partial charge < -0.3 is 14.6 Å². The Balaban J connectivity index is 1.84. The zero-order valence-corrected chi connectivity index (χ0v) is 17.6. The van der Waals surface area contributed by atoms with Crippen LogP contribution < -0.4 is 19.7 Å². The van der Waals surface area contributed by atoms with E-state index in [2.05, 4.69) is 5.32 Å². The van der Waals surface area contributed by atoms with Gasteiger partial charge in [-0.3, -0.25) is 19.8 Å². The molecule has 0 radical (unpaired) electrons. The average molecular weight is 440 g/mol. The Bertz CT molecular complexity index is 1050. The summed E-state index contributed by atoms with van der Waals surface area (Å²) in [6, 6.07) is 13.1. The van der Waals surface area contributed by atoms with Crippen molar-refractivity contribution >= 4 is 46.9 Å². The third kappa shape index (κ3) is 5.07. The molecule has 0 bridgehead atoms. The summed E-state index contributed by atoms with van der Waals surface area (Å²) in [5.74, 6) is -1.23. The fourth-order valence-electron chi connectivity index (χ4n) is 2.81. The zero-order chi connectivity index (χ0) is 22.5. The van der Waals surface area contributed by atoms with Crippen molar-refractivity contribution in [1.29, 1.82) is 0 Å². The van der Waals surface area contributed by atoms with E-state index >= 15 is 0 Å². The minimum atomic E-state index is -1.08. The summed E-state index contributed by atoms with van der Waals surface area (Å²) < 4.78 is 10.7. The largest absolute Gasteiger partial charge is 0.494 e. The number of hydrogen-bond acceptors (Lipinski definition) is 6. The minimum absolute atomic E-state index is 0.0114. The van der Waals surface area contributed by atoms with E-state index < -0.39 is 23.9 Å². The average Bonchev–Trinajstić information content (AvgIpc) is 2.73. The number of carbonyl (C=O) groups excluding carboxylic acids is 2. The highest BCUT2D eigenvalue weighted by molar-refractivity contribution is 7.80. The van der Waals surface area contributed by atoms with Gasteiger partial charge in [-0.15, -0.1) is 0 Å². The monoisotopic (exact) mass is 440 g/mol. The smallest absolute Gasteiger partial charge is 0.344 e. The molecule has 1 heterocycles. The fraction of sp³-hybridized carbons (Fsp3) is 0.182. The van der Waals surface area contributed by atoms with Crippen LogP contribution >= 0.6 is 12.2 Å². The van der Waals surface area contributed by atoms with Crippen molar-refractivity contribution in [3.63, 3.8) is 0 Å². The Kier molecular flexibility index (Phi) is 6.66. The number of anilines is 1. The molecule has 1 atom stereocenters. The topological polar surface area (TPSA) is 105 Å². The van der Waals surface area contributed by atoms with E-state index in [1.165, 1.54) is 17.9 Å². The molecule has 1 fully saturated rings. The number of carboxylic acid groups (broad SMARTS) is 1. The maximum atomic E-state index is 13.0. The quantitative estimate of drug-likeness (QED) is 0.387. The molecule has 2 aromatic rings. The third-order valence-electron chi connectivity index (χ3n) is 4.36. The number of nitrogens with one attached hydrogen (secondary N) is 1. The third-order valence-corrected chi connectivity index (χ3v) is 4.64. The van der Waals surface area contributed by atoms with Crippen LogP contribution in [0.1, 0.15) is 19.4 Å². The van der Waals surface area contributed by atoms with Crippen LogP contribution in [0.2, 0.25) is 0 Å². The van der Waals surface area contributed by atoms with Gasteiger partial charge >= 0.3 is 5.97 Å². The molecule has 0 aliphatic carbocycles. The Morgan fingerprint density at radius 2 is 1.74 bits per heavy atom. The highest BCUT2D eigenvalue weighted by atomic mass is 32.1. The Labute approximate surface area is 184 Å². The lowest BCUT2D eigenvalue weighted by Crippen LogP contribution is -2.54. The van der Waals surface area contributed by atoms with Gasteiger partial charge in [0.2, 0.25) is 0 Å². The van der Waals surface area contributed by atoms with Crippen LogP contribution in [0.3, 0.4) is 0 Å². The molecule has 9 heteroatoms. The van der Waals surface area contributed by atoms with Crippen LogP contribution in [0, 0.1) is 0 Å². The van der Waals surface area contributed by atoms with Crippen LogP contribution in [-0.2, 0) is 14.4 Å². The molecule has 2 N–H and O–H groups in total. The van der Waals surface area contributed by atoms with E-state index in [1.807, 2.05) is 6.92 Å². The molecule has 0 aromatic heterocycles. The molecule has 160 valence electrons. The van der Waals surface area contributed by atoms with Crippen molar-refractivity contribution in [1.82, 2.24) is 5.32 Å². The van der Waals surface area contributed by atoms with E-state index in [1.54, 1.807) is 48.5 Å². The van der Waals surface area contributed by atoms with Crippen LogP contribution in [0.5, 0.6) is 11.5 Å². The van der Waals surface area contributed by atoms with Crippen LogP contribution in [0.4, 0.5) is 5.69 Å². The molecule has 2 aromatic carbocycles. The maximum Gasteiger partial charge on any atom is 0.344 e. The van der Waals surface area contributed by atoms with E-state index in [0.29, 0.717) is 29.4 Å². The van der Waals surface area contributed by atoms with E-state index in [0.717, 1.165) is 0 Å². The van der Waals surface area contributed by atoms with Crippen molar-refractivity contribution in [2.75, 3.05) is 11.5 Å². The van der Waals surface area contributed by atoms with E-state index in [9.17, 15) is 14.4 Å². The molecule has 2 amide bonds. The van der Waals surface area contributed by atoms with E-state index in [-0.39, 0.29) is 10.7 Å². The SMILES string of the molecule is CCOc1ccc(N2C(=O)/C(=C\c3ccc(O[C@@H](C)C(=O)O)cc3)C(=O)NC2=S)cc1. The minimum Gasteiger partial charge on any atom is -0.494 e. The lowest BCUT2D eigenvalue weighted by molar-refractivity contribution is -0.144. The molecule has 8 nitrogen and oxygen atoms in total. The first kappa shape index (κ1) is 22.0. The zero-order valence-electron chi connectivity index (χ0n) is 16.8. The van der Waals surface area contributed by atoms with Crippen molar-refractivity contribution < 1.29 is 29.0 Å². The number of thiocarbonyl (C=S) groups is 1. The van der Waals surface area contributed by atoms with Gasteiger partial charge in [-0.25, -0.2) is 4.79 Å². The lowest BCUT2D eigenvalue weighted by Gasteiger charge is -2.29. The van der Waals surface area contributed by atoms with Gasteiger partial charge in [-0.05, 0) is 74.1 Å². The number of carbonyl (C=O) groups is 3. The molecule has 3 rings (SSSR count). The number of ether oxygens (including phenoxy) is 2. The molecular formula is C22H20N2O6S. The van der Waals surface area contributed by atoms with Gasteiger partial charge in [0.25, 0.3) is 11.8 Å². The molecule has 0 spiro atoms. The molecular weight excluding hydrogens is 420 g/mol. The van der Waals surface area contributed by atoms with Crippen LogP contribution in [0.15, 0.2) is 54.1 Å². The van der Waals surface area contributed by atoms with Crippen LogP contribution in [0.25, 0.3) is 6.08 Å². The molecule has 0 saturated carbocycles. The van der Waals surface area contributed by atoms with Crippen molar-refractivity contribution in [2.45, 2.75) is 20.0 Å². The fourth-order valence-corrected chi connectivity index (χ4v) is 3.09. The predicted molar refractivity (Wildman–Crippen MR) is 118 cm³/mol. The van der Waals surface area contributed by atoms with Crippen molar-refractivity contribution in [3.05, 3.63) is 59.7 Å². The van der Waals surface area contributed by atoms with Gasteiger partial charge in [-0.2, -0.15) is 0 Å². The van der Waals surface area contributed by atoms with Gasteiger partial charge in [0.05, 0.1) is 12.3 Å². The van der Waals surface area contributed by atoms with Crippen molar-refractivity contribution in [2.24, 2.45) is 0 Å². The first-order valence-corrected chi connectivity index (χ1v) is 9.85. The summed E-state index contributed by atoms with van der Waals surface area (Å²) >= 11 is 5.19. The number of benzene rings is 2. The number of rotatable bonds is 7. The molecule has 1 aliphatic heterocycles. The van der Waals surface area contributed by atoms with Crippen LogP contribution in [-0.4, -0.2) is 40.7 Å². The normalized spacial score (nSPS) is 16.1. The molecule has 1 saturated heterocycles. The Morgan fingerprint density at radius 1 is 1.13 bits per heavy atom. The second kappa shape index (κ2) is 9.40. The maximum absolute atomic E-state index is 13.0. The summed E-state index contributed by atoms with van der Waals surface area (Å²) in [6.45, 7) is 3.80. The van der Waals surface area contributed by atoms with Gasteiger partial charge in [0.15, 0.2) is 11.2 Å².